The van der Waals surface area contributed by atoms with E-state index >= 15 is 0 Å². The standard InChI is InChI=1S/C12H18O/c1-3-4-9-10-5-6-12(10)8(2)13-7-11(9)12/h5-6,8-11H,3-4,7H2,1-2H3/t8-,9+,10-,11-,12?/m0/s1. The van der Waals surface area contributed by atoms with Crippen LogP contribution >= 0.6 is 0 Å². The maximum Gasteiger partial charge on any atom is 0.0647 e. The quantitative estimate of drug-likeness (QED) is 0.591. The zero-order valence-corrected chi connectivity index (χ0v) is 8.49. The van der Waals surface area contributed by atoms with Crippen LogP contribution in [0.1, 0.15) is 26.7 Å². The molecule has 0 aromatic heterocycles. The van der Waals surface area contributed by atoms with E-state index in [1.165, 1.54) is 12.8 Å². The minimum Gasteiger partial charge on any atom is -0.377 e. The molecule has 1 aliphatic heterocycles. The first kappa shape index (κ1) is 8.05. The van der Waals surface area contributed by atoms with Gasteiger partial charge in [0.15, 0.2) is 0 Å². The number of hydrogen-bond acceptors (Lipinski definition) is 1. The molecule has 72 valence electrons. The Bertz CT molecular complexity index is 258. The van der Waals surface area contributed by atoms with Gasteiger partial charge in [0.1, 0.15) is 0 Å². The molecule has 1 spiro atoms. The smallest absolute Gasteiger partial charge is 0.0647 e. The van der Waals surface area contributed by atoms with Gasteiger partial charge in [-0.3, -0.25) is 0 Å². The first-order chi connectivity index (χ1) is 6.30. The van der Waals surface area contributed by atoms with Crippen molar-refractivity contribution in [3.63, 3.8) is 0 Å². The van der Waals surface area contributed by atoms with Crippen molar-refractivity contribution in [3.8, 4) is 0 Å². The van der Waals surface area contributed by atoms with Crippen LogP contribution in [0.25, 0.3) is 0 Å². The van der Waals surface area contributed by atoms with Crippen molar-refractivity contribution in [1.82, 2.24) is 0 Å². The molecule has 0 bridgehead atoms. The minimum atomic E-state index is 0.487. The van der Waals surface area contributed by atoms with Gasteiger partial charge >= 0.3 is 0 Å². The molecule has 1 saturated heterocycles. The molecule has 3 aliphatic rings. The molecule has 2 fully saturated rings. The summed E-state index contributed by atoms with van der Waals surface area (Å²) in [5, 5.41) is 0. The molecule has 0 aromatic carbocycles. The first-order valence-electron chi connectivity index (χ1n) is 5.61. The van der Waals surface area contributed by atoms with Gasteiger partial charge in [-0.15, -0.1) is 0 Å². The number of ether oxygens (including phenoxy) is 1. The van der Waals surface area contributed by atoms with Gasteiger partial charge in [0.25, 0.3) is 0 Å². The van der Waals surface area contributed by atoms with Crippen molar-refractivity contribution < 1.29 is 4.74 Å². The van der Waals surface area contributed by atoms with Crippen LogP contribution in [-0.2, 0) is 4.74 Å². The summed E-state index contributed by atoms with van der Waals surface area (Å²) in [6, 6.07) is 0. The lowest BCUT2D eigenvalue weighted by Crippen LogP contribution is -2.61. The van der Waals surface area contributed by atoms with Gasteiger partial charge in [0, 0.05) is 5.41 Å². The van der Waals surface area contributed by atoms with E-state index in [1.807, 2.05) is 0 Å². The van der Waals surface area contributed by atoms with Crippen molar-refractivity contribution in [1.29, 1.82) is 0 Å². The van der Waals surface area contributed by atoms with Gasteiger partial charge in [0.2, 0.25) is 0 Å². The maximum atomic E-state index is 5.79. The van der Waals surface area contributed by atoms with Crippen molar-refractivity contribution in [2.24, 2.45) is 23.2 Å². The minimum absolute atomic E-state index is 0.487. The van der Waals surface area contributed by atoms with E-state index in [9.17, 15) is 0 Å². The highest BCUT2D eigenvalue weighted by atomic mass is 16.5. The zero-order chi connectivity index (χ0) is 9.05. The summed E-state index contributed by atoms with van der Waals surface area (Å²) in [5.41, 5.74) is 0.500. The van der Waals surface area contributed by atoms with E-state index in [2.05, 4.69) is 26.0 Å². The number of hydrogen-bond donors (Lipinski definition) is 0. The van der Waals surface area contributed by atoms with Gasteiger partial charge in [-0.1, -0.05) is 25.5 Å². The monoisotopic (exact) mass is 178 g/mol. The van der Waals surface area contributed by atoms with Crippen LogP contribution in [0.2, 0.25) is 0 Å². The molecule has 3 rings (SSSR count). The van der Waals surface area contributed by atoms with E-state index < -0.39 is 0 Å². The van der Waals surface area contributed by atoms with Crippen LogP contribution < -0.4 is 0 Å². The molecule has 0 amide bonds. The molecule has 1 saturated carbocycles. The van der Waals surface area contributed by atoms with Crippen molar-refractivity contribution >= 4 is 0 Å². The molecule has 0 radical (unpaired) electrons. The lowest BCUT2D eigenvalue weighted by Gasteiger charge is -2.62. The van der Waals surface area contributed by atoms with Crippen LogP contribution in [0, 0.1) is 23.2 Å². The van der Waals surface area contributed by atoms with E-state index in [0.717, 1.165) is 24.4 Å². The predicted molar refractivity (Wildman–Crippen MR) is 52.4 cm³/mol. The Balaban J connectivity index is 1.84. The highest BCUT2D eigenvalue weighted by Gasteiger charge is 2.68. The molecule has 0 aromatic rings. The Kier molecular flexibility index (Phi) is 1.48. The van der Waals surface area contributed by atoms with Gasteiger partial charge in [0.05, 0.1) is 12.7 Å². The summed E-state index contributed by atoms with van der Waals surface area (Å²) in [6.07, 6.45) is 8.06. The van der Waals surface area contributed by atoms with E-state index in [-0.39, 0.29) is 0 Å². The average Bonchev–Trinajstić information content (AvgIpc) is 2.40. The second kappa shape index (κ2) is 2.38. The number of allylic oxidation sites excluding steroid dienone is 1. The highest BCUT2D eigenvalue weighted by Crippen LogP contribution is 2.69. The van der Waals surface area contributed by atoms with Gasteiger partial charge in [-0.05, 0) is 31.1 Å². The summed E-state index contributed by atoms with van der Waals surface area (Å²) >= 11 is 0. The molecule has 1 heterocycles. The second-order valence-electron chi connectivity index (χ2n) is 4.92. The summed E-state index contributed by atoms with van der Waals surface area (Å²) in [7, 11) is 0. The molecule has 2 aliphatic carbocycles. The molecular weight excluding hydrogens is 160 g/mol. The fourth-order valence-electron chi connectivity index (χ4n) is 3.90. The third-order valence-electron chi connectivity index (χ3n) is 4.64. The van der Waals surface area contributed by atoms with Gasteiger partial charge < -0.3 is 4.74 Å². The molecule has 1 unspecified atom stereocenters. The molecule has 0 N–H and O–H groups in total. The third kappa shape index (κ3) is 0.698. The maximum absolute atomic E-state index is 5.79. The Morgan fingerprint density at radius 2 is 2.38 bits per heavy atom. The normalized spacial score (nSPS) is 56.5. The van der Waals surface area contributed by atoms with Crippen LogP contribution in [-0.4, -0.2) is 12.7 Å². The lowest BCUT2D eigenvalue weighted by atomic mass is 9.40. The fraction of sp³-hybridized carbons (Fsp3) is 0.833. The predicted octanol–water partition coefficient (Wildman–Crippen LogP) is 2.62. The summed E-state index contributed by atoms with van der Waals surface area (Å²) in [6.45, 7) is 5.56. The Morgan fingerprint density at radius 3 is 3.00 bits per heavy atom. The largest absolute Gasteiger partial charge is 0.377 e. The lowest BCUT2D eigenvalue weighted by molar-refractivity contribution is -0.0715. The van der Waals surface area contributed by atoms with E-state index in [0.29, 0.717) is 11.5 Å². The fourth-order valence-corrected chi connectivity index (χ4v) is 3.90. The summed E-state index contributed by atoms with van der Waals surface area (Å²) < 4.78 is 5.79. The molecule has 1 nitrogen and oxygen atoms in total. The molecule has 5 atom stereocenters. The summed E-state index contributed by atoms with van der Waals surface area (Å²) in [4.78, 5) is 0. The molecule has 13 heavy (non-hydrogen) atoms. The Labute approximate surface area is 80.2 Å². The highest BCUT2D eigenvalue weighted by molar-refractivity contribution is 5.33. The molecular formula is C12H18O. The van der Waals surface area contributed by atoms with Crippen LogP contribution in [0.5, 0.6) is 0 Å². The van der Waals surface area contributed by atoms with Crippen molar-refractivity contribution in [2.75, 3.05) is 6.61 Å². The van der Waals surface area contributed by atoms with Crippen LogP contribution in [0.4, 0.5) is 0 Å². The van der Waals surface area contributed by atoms with E-state index in [1.54, 1.807) is 0 Å². The van der Waals surface area contributed by atoms with Gasteiger partial charge in [-0.2, -0.15) is 0 Å². The third-order valence-corrected chi connectivity index (χ3v) is 4.64. The van der Waals surface area contributed by atoms with Crippen LogP contribution in [0.15, 0.2) is 12.2 Å². The molecule has 1 heteroatoms. The second-order valence-corrected chi connectivity index (χ2v) is 4.92. The topological polar surface area (TPSA) is 9.23 Å². The number of rotatable bonds is 2. The zero-order valence-electron chi connectivity index (χ0n) is 8.49. The SMILES string of the molecule is CCC[C@@H]1[C@@H]2C=CC23[C@H](C)OC[C@@H]13. The van der Waals surface area contributed by atoms with Gasteiger partial charge in [-0.25, -0.2) is 0 Å². The average molecular weight is 178 g/mol. The Morgan fingerprint density at radius 1 is 1.54 bits per heavy atom. The van der Waals surface area contributed by atoms with Crippen LogP contribution in [0.3, 0.4) is 0 Å². The summed E-state index contributed by atoms with van der Waals surface area (Å²) in [5.74, 6) is 2.67. The Hall–Kier alpha value is -0.300. The van der Waals surface area contributed by atoms with Crippen molar-refractivity contribution in [2.45, 2.75) is 32.8 Å². The first-order valence-corrected chi connectivity index (χ1v) is 5.61. The van der Waals surface area contributed by atoms with Crippen molar-refractivity contribution in [3.05, 3.63) is 12.2 Å². The van der Waals surface area contributed by atoms with E-state index in [4.69, 9.17) is 4.74 Å².